The molecule has 1 aromatic heterocycles. The monoisotopic (exact) mass is 258 g/mol. The van der Waals surface area contributed by atoms with E-state index in [1.54, 1.807) is 24.5 Å². The molecule has 1 N–H and O–H groups in total. The summed E-state index contributed by atoms with van der Waals surface area (Å²) in [5.74, 6) is 0.401. The van der Waals surface area contributed by atoms with Gasteiger partial charge in [-0.05, 0) is 31.2 Å². The summed E-state index contributed by atoms with van der Waals surface area (Å²) in [6, 6.07) is 11.7. The zero-order chi connectivity index (χ0) is 12.8. The van der Waals surface area contributed by atoms with Crippen LogP contribution in [0, 0.1) is 6.92 Å². The first-order valence-electron chi connectivity index (χ1n) is 5.63. The summed E-state index contributed by atoms with van der Waals surface area (Å²) in [5, 5.41) is 2.82. The fraction of sp³-hybridized carbons (Fsp3) is 0.143. The molecule has 0 bridgehead atoms. The van der Waals surface area contributed by atoms with E-state index in [1.165, 1.54) is 17.3 Å². The molecular weight excluding hydrogens is 244 g/mol. The molecule has 4 heteroatoms. The van der Waals surface area contributed by atoms with Crippen LogP contribution in [-0.2, 0) is 4.79 Å². The third-order valence-corrected chi connectivity index (χ3v) is 3.37. The molecule has 0 fully saturated rings. The minimum atomic E-state index is -0.00762. The van der Waals surface area contributed by atoms with Crippen molar-refractivity contribution in [3.8, 4) is 0 Å². The van der Waals surface area contributed by atoms with E-state index < -0.39 is 0 Å². The number of amides is 1. The molecule has 1 heterocycles. The van der Waals surface area contributed by atoms with Gasteiger partial charge in [-0.2, -0.15) is 0 Å². The van der Waals surface area contributed by atoms with Crippen molar-refractivity contribution in [2.45, 2.75) is 11.8 Å². The molecule has 0 atom stereocenters. The average molecular weight is 258 g/mol. The van der Waals surface area contributed by atoms with Gasteiger partial charge in [0.05, 0.1) is 5.75 Å². The smallest absolute Gasteiger partial charge is 0.234 e. The predicted molar refractivity (Wildman–Crippen MR) is 74.8 cm³/mol. The van der Waals surface area contributed by atoms with Crippen LogP contribution in [0.1, 0.15) is 5.56 Å². The Morgan fingerprint density at radius 2 is 1.83 bits per heavy atom. The van der Waals surface area contributed by atoms with Crippen molar-refractivity contribution in [2.24, 2.45) is 0 Å². The fourth-order valence-corrected chi connectivity index (χ4v) is 2.11. The average Bonchev–Trinajstić information content (AvgIpc) is 2.39. The Morgan fingerprint density at radius 3 is 2.50 bits per heavy atom. The van der Waals surface area contributed by atoms with Gasteiger partial charge in [-0.1, -0.05) is 17.7 Å². The Labute approximate surface area is 111 Å². The molecule has 0 radical (unpaired) electrons. The van der Waals surface area contributed by atoms with Crippen molar-refractivity contribution in [3.63, 3.8) is 0 Å². The summed E-state index contributed by atoms with van der Waals surface area (Å²) in [5.41, 5.74) is 2.00. The first-order chi connectivity index (χ1) is 8.74. The van der Waals surface area contributed by atoms with E-state index in [4.69, 9.17) is 0 Å². The number of carbonyl (C=O) groups is 1. The molecule has 0 saturated heterocycles. The molecular formula is C14H14N2OS. The van der Waals surface area contributed by atoms with E-state index in [2.05, 4.69) is 10.3 Å². The second kappa shape index (κ2) is 6.21. The molecule has 3 nitrogen and oxygen atoms in total. The lowest BCUT2D eigenvalue weighted by molar-refractivity contribution is -0.113. The fourth-order valence-electron chi connectivity index (χ4n) is 1.42. The Balaban J connectivity index is 1.83. The van der Waals surface area contributed by atoms with Gasteiger partial charge in [0, 0.05) is 23.0 Å². The molecule has 92 valence electrons. The molecule has 18 heavy (non-hydrogen) atoms. The number of aromatic nitrogens is 1. The number of thioether (sulfide) groups is 1. The minimum absolute atomic E-state index is 0.00762. The van der Waals surface area contributed by atoms with Crippen LogP contribution < -0.4 is 5.32 Å². The van der Waals surface area contributed by atoms with Crippen molar-refractivity contribution in [1.29, 1.82) is 0 Å². The first-order valence-corrected chi connectivity index (χ1v) is 6.62. The van der Waals surface area contributed by atoms with Crippen LogP contribution in [-0.4, -0.2) is 16.6 Å². The van der Waals surface area contributed by atoms with Crippen LogP contribution in [0.3, 0.4) is 0 Å². The van der Waals surface area contributed by atoms with Gasteiger partial charge in [-0.25, -0.2) is 0 Å². The number of benzene rings is 1. The number of aryl methyl sites for hydroxylation is 1. The summed E-state index contributed by atoms with van der Waals surface area (Å²) in [7, 11) is 0. The van der Waals surface area contributed by atoms with E-state index in [0.29, 0.717) is 5.75 Å². The first kappa shape index (κ1) is 12.6. The molecule has 1 aromatic carbocycles. The van der Waals surface area contributed by atoms with E-state index in [1.807, 2.05) is 31.2 Å². The number of carbonyl (C=O) groups excluding carboxylic acids is 1. The van der Waals surface area contributed by atoms with Gasteiger partial charge in [-0.15, -0.1) is 11.8 Å². The molecule has 0 aliphatic rings. The Bertz CT molecular complexity index is 511. The SMILES string of the molecule is Cc1ccc(SCC(=O)Nc2ccncc2)cc1. The largest absolute Gasteiger partial charge is 0.325 e. The summed E-state index contributed by atoms with van der Waals surface area (Å²) >= 11 is 1.53. The molecule has 0 unspecified atom stereocenters. The maximum atomic E-state index is 11.7. The van der Waals surface area contributed by atoms with Crippen LogP contribution in [0.4, 0.5) is 5.69 Å². The van der Waals surface area contributed by atoms with E-state index in [0.717, 1.165) is 10.6 Å². The molecule has 0 aliphatic heterocycles. The Morgan fingerprint density at radius 1 is 1.17 bits per heavy atom. The number of hydrogen-bond donors (Lipinski definition) is 1. The predicted octanol–water partition coefficient (Wildman–Crippen LogP) is 3.12. The zero-order valence-electron chi connectivity index (χ0n) is 10.1. The van der Waals surface area contributed by atoms with E-state index >= 15 is 0 Å². The van der Waals surface area contributed by atoms with Gasteiger partial charge in [0.25, 0.3) is 0 Å². The van der Waals surface area contributed by atoms with Crippen molar-refractivity contribution in [3.05, 3.63) is 54.4 Å². The highest BCUT2D eigenvalue weighted by Gasteiger charge is 2.03. The number of nitrogens with zero attached hydrogens (tertiary/aromatic N) is 1. The summed E-state index contributed by atoms with van der Waals surface area (Å²) in [4.78, 5) is 16.7. The lowest BCUT2D eigenvalue weighted by Crippen LogP contribution is -2.13. The van der Waals surface area contributed by atoms with Crippen LogP contribution in [0.15, 0.2) is 53.7 Å². The number of rotatable bonds is 4. The quantitative estimate of drug-likeness (QED) is 0.857. The highest BCUT2D eigenvalue weighted by Crippen LogP contribution is 2.18. The maximum Gasteiger partial charge on any atom is 0.234 e. The van der Waals surface area contributed by atoms with Crippen molar-refractivity contribution >= 4 is 23.4 Å². The number of nitrogens with one attached hydrogen (secondary N) is 1. The second-order valence-electron chi connectivity index (χ2n) is 3.89. The summed E-state index contributed by atoms with van der Waals surface area (Å²) < 4.78 is 0. The van der Waals surface area contributed by atoms with Crippen LogP contribution in [0.5, 0.6) is 0 Å². The lowest BCUT2D eigenvalue weighted by Gasteiger charge is -2.04. The molecule has 0 spiro atoms. The maximum absolute atomic E-state index is 11.7. The summed E-state index contributed by atoms with van der Waals surface area (Å²) in [6.45, 7) is 2.05. The third kappa shape index (κ3) is 3.89. The molecule has 2 aromatic rings. The van der Waals surface area contributed by atoms with Gasteiger partial charge in [0.1, 0.15) is 0 Å². The highest BCUT2D eigenvalue weighted by atomic mass is 32.2. The molecule has 0 saturated carbocycles. The Hall–Kier alpha value is -1.81. The van der Waals surface area contributed by atoms with E-state index in [9.17, 15) is 4.79 Å². The van der Waals surface area contributed by atoms with Crippen LogP contribution in [0.2, 0.25) is 0 Å². The highest BCUT2D eigenvalue weighted by molar-refractivity contribution is 8.00. The molecule has 1 amide bonds. The minimum Gasteiger partial charge on any atom is -0.325 e. The van der Waals surface area contributed by atoms with Gasteiger partial charge < -0.3 is 5.32 Å². The number of hydrogen-bond acceptors (Lipinski definition) is 3. The molecule has 2 rings (SSSR count). The normalized spacial score (nSPS) is 10.1. The summed E-state index contributed by atoms with van der Waals surface area (Å²) in [6.07, 6.45) is 3.31. The Kier molecular flexibility index (Phi) is 4.36. The topological polar surface area (TPSA) is 42.0 Å². The van der Waals surface area contributed by atoms with Gasteiger partial charge >= 0.3 is 0 Å². The number of anilines is 1. The van der Waals surface area contributed by atoms with Crippen LogP contribution in [0.25, 0.3) is 0 Å². The van der Waals surface area contributed by atoms with Crippen molar-refractivity contribution < 1.29 is 4.79 Å². The van der Waals surface area contributed by atoms with Crippen molar-refractivity contribution in [2.75, 3.05) is 11.1 Å². The second-order valence-corrected chi connectivity index (χ2v) is 4.93. The molecule has 0 aliphatic carbocycles. The standard InChI is InChI=1S/C14H14N2OS/c1-11-2-4-13(5-3-11)18-10-14(17)16-12-6-8-15-9-7-12/h2-9H,10H2,1H3,(H,15,16,17). The van der Waals surface area contributed by atoms with Gasteiger partial charge in [0.15, 0.2) is 0 Å². The van der Waals surface area contributed by atoms with Gasteiger partial charge in [-0.3, -0.25) is 9.78 Å². The van der Waals surface area contributed by atoms with E-state index in [-0.39, 0.29) is 5.91 Å². The number of pyridine rings is 1. The third-order valence-electron chi connectivity index (χ3n) is 2.35. The lowest BCUT2D eigenvalue weighted by atomic mass is 10.2. The van der Waals surface area contributed by atoms with Crippen LogP contribution >= 0.6 is 11.8 Å². The zero-order valence-corrected chi connectivity index (χ0v) is 10.9. The van der Waals surface area contributed by atoms with Crippen molar-refractivity contribution in [1.82, 2.24) is 4.98 Å². The van der Waals surface area contributed by atoms with Gasteiger partial charge in [0.2, 0.25) is 5.91 Å².